The predicted octanol–water partition coefficient (Wildman–Crippen LogP) is 0.129. The average Bonchev–Trinajstić information content (AvgIpc) is 2.66. The van der Waals surface area contributed by atoms with Gasteiger partial charge in [0.15, 0.2) is 5.69 Å². The van der Waals surface area contributed by atoms with Crippen molar-refractivity contribution in [1.29, 1.82) is 0 Å². The third-order valence-corrected chi connectivity index (χ3v) is 1.78. The van der Waals surface area contributed by atoms with Crippen molar-refractivity contribution < 1.29 is 9.21 Å². The second-order valence-corrected chi connectivity index (χ2v) is 2.84. The molecule has 2 aromatic heterocycles. The van der Waals surface area contributed by atoms with E-state index in [-0.39, 0.29) is 17.1 Å². The zero-order valence-corrected chi connectivity index (χ0v) is 7.56. The molecular weight excluding hydrogens is 198 g/mol. The van der Waals surface area contributed by atoms with Gasteiger partial charge in [0.1, 0.15) is 6.26 Å². The van der Waals surface area contributed by atoms with Gasteiger partial charge in [-0.15, -0.1) is 0 Å². The van der Waals surface area contributed by atoms with Crippen LogP contribution in [0, 0.1) is 0 Å². The number of pyridine rings is 1. The summed E-state index contributed by atoms with van der Waals surface area (Å²) in [5.41, 5.74) is 5.26. The molecule has 15 heavy (non-hydrogen) atoms. The van der Waals surface area contributed by atoms with Crippen LogP contribution in [0.4, 0.5) is 0 Å². The number of hydrogen-bond acceptors (Lipinski definition) is 4. The molecule has 0 aromatic carbocycles. The van der Waals surface area contributed by atoms with Crippen molar-refractivity contribution in [3.8, 4) is 11.5 Å². The van der Waals surface area contributed by atoms with Crippen LogP contribution in [0.25, 0.3) is 11.5 Å². The molecule has 0 aliphatic rings. The Morgan fingerprint density at radius 2 is 2.33 bits per heavy atom. The summed E-state index contributed by atoms with van der Waals surface area (Å²) in [6, 6.07) is 2.93. The molecule has 0 radical (unpaired) electrons. The molecule has 0 saturated heterocycles. The van der Waals surface area contributed by atoms with E-state index < -0.39 is 5.91 Å². The molecule has 0 bridgehead atoms. The Balaban J connectivity index is 2.46. The number of nitrogens with two attached hydrogens (primary N) is 1. The topological polar surface area (TPSA) is 102 Å². The Morgan fingerprint density at radius 1 is 1.53 bits per heavy atom. The number of carbonyl (C=O) groups is 1. The number of H-pyrrole nitrogens is 1. The number of carbonyl (C=O) groups excluding carboxylic acids is 1. The van der Waals surface area contributed by atoms with Crippen molar-refractivity contribution in [3.05, 3.63) is 40.6 Å². The maximum atomic E-state index is 11.0. The second kappa shape index (κ2) is 3.41. The van der Waals surface area contributed by atoms with E-state index in [1.807, 2.05) is 0 Å². The van der Waals surface area contributed by atoms with Gasteiger partial charge in [0.2, 0.25) is 11.4 Å². The molecule has 0 aliphatic carbocycles. The summed E-state index contributed by atoms with van der Waals surface area (Å²) >= 11 is 0. The summed E-state index contributed by atoms with van der Waals surface area (Å²) in [5.74, 6) is -0.482. The van der Waals surface area contributed by atoms with Gasteiger partial charge >= 0.3 is 0 Å². The van der Waals surface area contributed by atoms with Gasteiger partial charge in [-0.25, -0.2) is 4.98 Å². The Hall–Kier alpha value is -2.37. The Morgan fingerprint density at radius 3 is 2.93 bits per heavy atom. The number of aromatic nitrogens is 2. The molecule has 2 aromatic rings. The molecule has 3 N–H and O–H groups in total. The smallest absolute Gasteiger partial charge is 0.270 e. The van der Waals surface area contributed by atoms with Crippen molar-refractivity contribution in [1.82, 2.24) is 9.97 Å². The molecule has 6 nitrogen and oxygen atoms in total. The summed E-state index contributed by atoms with van der Waals surface area (Å²) in [6.45, 7) is 0. The number of oxazole rings is 1. The molecule has 6 heteroatoms. The predicted molar refractivity (Wildman–Crippen MR) is 51.1 cm³/mol. The first-order valence-electron chi connectivity index (χ1n) is 4.11. The lowest BCUT2D eigenvalue weighted by atomic mass is 10.3. The fourth-order valence-corrected chi connectivity index (χ4v) is 1.10. The fraction of sp³-hybridized carbons (Fsp3) is 0. The van der Waals surface area contributed by atoms with Crippen molar-refractivity contribution in [2.24, 2.45) is 5.73 Å². The summed E-state index contributed by atoms with van der Waals surface area (Å²) in [5, 5.41) is 0. The third kappa shape index (κ3) is 1.78. The highest BCUT2D eigenvalue weighted by atomic mass is 16.3. The Labute approximate surface area is 83.7 Å². The summed E-state index contributed by atoms with van der Waals surface area (Å²) in [4.78, 5) is 28.0. The maximum Gasteiger partial charge on any atom is 0.270 e. The van der Waals surface area contributed by atoms with Crippen LogP contribution < -0.4 is 11.3 Å². The Bertz CT molecular complexity index is 555. The van der Waals surface area contributed by atoms with E-state index in [9.17, 15) is 9.59 Å². The lowest BCUT2D eigenvalue weighted by Gasteiger charge is -1.91. The molecule has 2 heterocycles. The first-order valence-corrected chi connectivity index (χ1v) is 4.11. The number of nitrogens with zero attached hydrogens (tertiary/aromatic N) is 1. The largest absolute Gasteiger partial charge is 0.444 e. The monoisotopic (exact) mass is 205 g/mol. The maximum absolute atomic E-state index is 11.0. The fourth-order valence-electron chi connectivity index (χ4n) is 1.10. The highest BCUT2D eigenvalue weighted by Gasteiger charge is 2.10. The van der Waals surface area contributed by atoms with Gasteiger partial charge in [0.05, 0.1) is 0 Å². The van der Waals surface area contributed by atoms with Crippen LogP contribution >= 0.6 is 0 Å². The van der Waals surface area contributed by atoms with Crippen LogP contribution in [0.3, 0.4) is 0 Å². The molecule has 0 fully saturated rings. The van der Waals surface area contributed by atoms with Gasteiger partial charge < -0.3 is 15.1 Å². The summed E-state index contributed by atoms with van der Waals surface area (Å²) in [7, 11) is 0. The van der Waals surface area contributed by atoms with E-state index in [0.29, 0.717) is 5.56 Å². The van der Waals surface area contributed by atoms with Crippen LogP contribution in [0.1, 0.15) is 10.5 Å². The van der Waals surface area contributed by atoms with Crippen molar-refractivity contribution in [2.45, 2.75) is 0 Å². The number of hydrogen-bond donors (Lipinski definition) is 2. The van der Waals surface area contributed by atoms with E-state index in [1.165, 1.54) is 12.3 Å². The molecule has 0 unspecified atom stereocenters. The van der Waals surface area contributed by atoms with E-state index in [1.54, 1.807) is 6.07 Å². The molecule has 1 amide bonds. The minimum absolute atomic E-state index is 0.0327. The van der Waals surface area contributed by atoms with Gasteiger partial charge in [0, 0.05) is 17.8 Å². The van der Waals surface area contributed by atoms with Gasteiger partial charge in [-0.1, -0.05) is 0 Å². The number of nitrogens with one attached hydrogen (secondary N) is 1. The standard InChI is InChI=1S/C9H7N3O3/c10-8(14)6-4-15-9(12-6)5-1-2-11-7(13)3-5/h1-4H,(H2,10,14)(H,11,13). The lowest BCUT2D eigenvalue weighted by Crippen LogP contribution is -2.11. The molecule has 0 aliphatic heterocycles. The summed E-state index contributed by atoms with van der Waals surface area (Å²) < 4.78 is 5.00. The van der Waals surface area contributed by atoms with E-state index >= 15 is 0 Å². The van der Waals surface area contributed by atoms with E-state index in [4.69, 9.17) is 10.2 Å². The average molecular weight is 205 g/mol. The number of amides is 1. The quantitative estimate of drug-likeness (QED) is 0.727. The first kappa shape index (κ1) is 9.20. The first-order chi connectivity index (χ1) is 7.16. The molecule has 0 saturated carbocycles. The minimum atomic E-state index is -0.671. The molecule has 0 atom stereocenters. The van der Waals surface area contributed by atoms with Gasteiger partial charge in [0.25, 0.3) is 5.91 Å². The van der Waals surface area contributed by atoms with Gasteiger partial charge in [-0.05, 0) is 6.07 Å². The van der Waals surface area contributed by atoms with Crippen LogP contribution in [0.15, 0.2) is 33.8 Å². The normalized spacial score (nSPS) is 10.1. The van der Waals surface area contributed by atoms with Gasteiger partial charge in [-0.2, -0.15) is 0 Å². The zero-order chi connectivity index (χ0) is 10.8. The molecule has 76 valence electrons. The lowest BCUT2D eigenvalue weighted by molar-refractivity contribution is 0.0995. The van der Waals surface area contributed by atoms with Crippen molar-refractivity contribution >= 4 is 5.91 Å². The Kier molecular flexibility index (Phi) is 2.09. The number of rotatable bonds is 2. The van der Waals surface area contributed by atoms with Crippen LogP contribution in [-0.2, 0) is 0 Å². The molecule has 0 spiro atoms. The molecule has 2 rings (SSSR count). The highest BCUT2D eigenvalue weighted by Crippen LogP contribution is 2.15. The van der Waals surface area contributed by atoms with E-state index in [2.05, 4.69) is 9.97 Å². The van der Waals surface area contributed by atoms with Crippen molar-refractivity contribution in [3.63, 3.8) is 0 Å². The van der Waals surface area contributed by atoms with Crippen LogP contribution in [0.2, 0.25) is 0 Å². The second-order valence-electron chi connectivity index (χ2n) is 2.84. The number of aromatic amines is 1. The van der Waals surface area contributed by atoms with Crippen LogP contribution in [-0.4, -0.2) is 15.9 Å². The summed E-state index contributed by atoms with van der Waals surface area (Å²) in [6.07, 6.45) is 2.62. The highest BCUT2D eigenvalue weighted by molar-refractivity contribution is 5.90. The third-order valence-electron chi connectivity index (χ3n) is 1.78. The zero-order valence-electron chi connectivity index (χ0n) is 7.56. The SMILES string of the molecule is NC(=O)c1coc(-c2cc[nH]c(=O)c2)n1. The van der Waals surface area contributed by atoms with E-state index in [0.717, 1.165) is 6.26 Å². The van der Waals surface area contributed by atoms with Crippen molar-refractivity contribution in [2.75, 3.05) is 0 Å². The van der Waals surface area contributed by atoms with Gasteiger partial charge in [-0.3, -0.25) is 9.59 Å². The minimum Gasteiger partial charge on any atom is -0.444 e. The number of primary amides is 1. The molecular formula is C9H7N3O3. The van der Waals surface area contributed by atoms with Crippen LogP contribution in [0.5, 0.6) is 0 Å².